The van der Waals surface area contributed by atoms with Gasteiger partial charge in [0.15, 0.2) is 0 Å². The van der Waals surface area contributed by atoms with Gasteiger partial charge in [-0.15, -0.1) is 0 Å². The molecule has 0 spiro atoms. The molecule has 0 atom stereocenters. The van der Waals surface area contributed by atoms with Crippen LogP contribution in [0.2, 0.25) is 0 Å². The number of rotatable bonds is 5. The SMILES string of the molecule is CC(C)(CNCc1ccc(Br)cc1)c1cnccn1. The van der Waals surface area contributed by atoms with E-state index in [1.54, 1.807) is 12.4 Å². The van der Waals surface area contributed by atoms with Gasteiger partial charge in [-0.3, -0.25) is 9.97 Å². The minimum absolute atomic E-state index is 0.0242. The highest BCUT2D eigenvalue weighted by atomic mass is 79.9. The van der Waals surface area contributed by atoms with Crippen molar-refractivity contribution in [2.24, 2.45) is 0 Å². The summed E-state index contributed by atoms with van der Waals surface area (Å²) in [6.45, 7) is 6.07. The lowest BCUT2D eigenvalue weighted by atomic mass is 9.89. The summed E-state index contributed by atoms with van der Waals surface area (Å²) in [4.78, 5) is 8.51. The third-order valence-electron chi connectivity index (χ3n) is 3.07. The molecule has 4 heteroatoms. The fraction of sp³-hybridized carbons (Fsp3) is 0.333. The van der Waals surface area contributed by atoms with E-state index in [1.165, 1.54) is 5.56 Å². The fourth-order valence-electron chi connectivity index (χ4n) is 1.86. The zero-order valence-electron chi connectivity index (χ0n) is 11.2. The highest BCUT2D eigenvalue weighted by Gasteiger charge is 2.21. The van der Waals surface area contributed by atoms with Crippen molar-refractivity contribution in [1.29, 1.82) is 0 Å². The first-order chi connectivity index (χ1) is 9.08. The Balaban J connectivity index is 1.90. The smallest absolute Gasteiger partial charge is 0.0655 e. The number of halogens is 1. The second-order valence-electron chi connectivity index (χ2n) is 5.20. The first-order valence-corrected chi connectivity index (χ1v) is 7.09. The summed E-state index contributed by atoms with van der Waals surface area (Å²) in [6, 6.07) is 8.36. The van der Waals surface area contributed by atoms with Gasteiger partial charge in [0, 0.05) is 41.6 Å². The molecule has 0 aliphatic rings. The van der Waals surface area contributed by atoms with Crippen LogP contribution in [0.25, 0.3) is 0 Å². The molecule has 19 heavy (non-hydrogen) atoms. The summed E-state index contributed by atoms with van der Waals surface area (Å²) in [7, 11) is 0. The zero-order chi connectivity index (χ0) is 13.7. The summed E-state index contributed by atoms with van der Waals surface area (Å²) in [5.74, 6) is 0. The van der Waals surface area contributed by atoms with Crippen LogP contribution in [0.15, 0.2) is 47.3 Å². The predicted molar refractivity (Wildman–Crippen MR) is 80.9 cm³/mol. The number of nitrogens with one attached hydrogen (secondary N) is 1. The van der Waals surface area contributed by atoms with Gasteiger partial charge in [0.25, 0.3) is 0 Å². The van der Waals surface area contributed by atoms with Gasteiger partial charge >= 0.3 is 0 Å². The molecule has 3 nitrogen and oxygen atoms in total. The molecule has 0 saturated carbocycles. The summed E-state index contributed by atoms with van der Waals surface area (Å²) >= 11 is 3.44. The lowest BCUT2D eigenvalue weighted by Gasteiger charge is -2.24. The molecular formula is C15H18BrN3. The second kappa shape index (κ2) is 6.26. The van der Waals surface area contributed by atoms with E-state index in [0.29, 0.717) is 0 Å². The van der Waals surface area contributed by atoms with Crippen molar-refractivity contribution in [2.75, 3.05) is 6.54 Å². The lowest BCUT2D eigenvalue weighted by Crippen LogP contribution is -2.33. The van der Waals surface area contributed by atoms with E-state index < -0.39 is 0 Å². The molecule has 2 aromatic rings. The molecule has 1 aromatic heterocycles. The monoisotopic (exact) mass is 319 g/mol. The quantitative estimate of drug-likeness (QED) is 0.918. The highest BCUT2D eigenvalue weighted by Crippen LogP contribution is 2.19. The first kappa shape index (κ1) is 14.2. The molecule has 2 rings (SSSR count). The number of aromatic nitrogens is 2. The van der Waals surface area contributed by atoms with Gasteiger partial charge in [-0.25, -0.2) is 0 Å². The Bertz CT molecular complexity index is 509. The van der Waals surface area contributed by atoms with Crippen molar-refractivity contribution >= 4 is 15.9 Å². The molecule has 0 fully saturated rings. The highest BCUT2D eigenvalue weighted by molar-refractivity contribution is 9.10. The van der Waals surface area contributed by atoms with E-state index in [4.69, 9.17) is 0 Å². The summed E-state index contributed by atoms with van der Waals surface area (Å²) in [5.41, 5.74) is 2.26. The Morgan fingerprint density at radius 3 is 2.53 bits per heavy atom. The maximum atomic E-state index is 4.38. The minimum atomic E-state index is -0.0242. The zero-order valence-corrected chi connectivity index (χ0v) is 12.8. The Kier molecular flexibility index (Phi) is 4.66. The van der Waals surface area contributed by atoms with Gasteiger partial charge in [-0.05, 0) is 17.7 Å². The van der Waals surface area contributed by atoms with Crippen molar-refractivity contribution in [3.8, 4) is 0 Å². The van der Waals surface area contributed by atoms with Crippen molar-refractivity contribution in [1.82, 2.24) is 15.3 Å². The van der Waals surface area contributed by atoms with Crippen LogP contribution < -0.4 is 5.32 Å². The van der Waals surface area contributed by atoms with E-state index in [9.17, 15) is 0 Å². The Labute approximate surface area is 122 Å². The Morgan fingerprint density at radius 1 is 1.16 bits per heavy atom. The third-order valence-corrected chi connectivity index (χ3v) is 3.59. The summed E-state index contributed by atoms with van der Waals surface area (Å²) < 4.78 is 1.11. The second-order valence-corrected chi connectivity index (χ2v) is 6.12. The number of hydrogen-bond donors (Lipinski definition) is 1. The van der Waals surface area contributed by atoms with Crippen LogP contribution in [-0.4, -0.2) is 16.5 Å². The van der Waals surface area contributed by atoms with Crippen molar-refractivity contribution < 1.29 is 0 Å². The van der Waals surface area contributed by atoms with Crippen LogP contribution in [0.5, 0.6) is 0 Å². The average Bonchev–Trinajstić information content (AvgIpc) is 2.42. The Morgan fingerprint density at radius 2 is 1.89 bits per heavy atom. The largest absolute Gasteiger partial charge is 0.312 e. The fourth-order valence-corrected chi connectivity index (χ4v) is 2.13. The van der Waals surface area contributed by atoms with E-state index in [-0.39, 0.29) is 5.41 Å². The standard InChI is InChI=1S/C15H18BrN3/c1-15(2,14-10-17-7-8-19-14)11-18-9-12-3-5-13(16)6-4-12/h3-8,10,18H,9,11H2,1-2H3. The number of hydrogen-bond acceptors (Lipinski definition) is 3. The Hall–Kier alpha value is -1.26. The van der Waals surface area contributed by atoms with Gasteiger partial charge in [-0.1, -0.05) is 41.9 Å². The predicted octanol–water partition coefficient (Wildman–Crippen LogP) is 3.31. The molecule has 1 heterocycles. The lowest BCUT2D eigenvalue weighted by molar-refractivity contribution is 0.455. The van der Waals surface area contributed by atoms with Gasteiger partial charge < -0.3 is 5.32 Å². The molecule has 0 radical (unpaired) electrons. The van der Waals surface area contributed by atoms with Crippen LogP contribution in [0.4, 0.5) is 0 Å². The van der Waals surface area contributed by atoms with Crippen LogP contribution in [0, 0.1) is 0 Å². The normalized spacial score (nSPS) is 11.5. The van der Waals surface area contributed by atoms with E-state index in [0.717, 1.165) is 23.3 Å². The van der Waals surface area contributed by atoms with Gasteiger partial charge in [0.1, 0.15) is 0 Å². The van der Waals surface area contributed by atoms with Crippen molar-refractivity contribution in [2.45, 2.75) is 25.8 Å². The van der Waals surface area contributed by atoms with E-state index in [1.807, 2.05) is 6.20 Å². The van der Waals surface area contributed by atoms with Gasteiger partial charge in [0.05, 0.1) is 5.69 Å². The first-order valence-electron chi connectivity index (χ1n) is 6.29. The number of nitrogens with zero attached hydrogens (tertiary/aromatic N) is 2. The topological polar surface area (TPSA) is 37.8 Å². The molecule has 100 valence electrons. The van der Waals surface area contributed by atoms with E-state index in [2.05, 4.69) is 69.3 Å². The van der Waals surface area contributed by atoms with Gasteiger partial charge in [0.2, 0.25) is 0 Å². The van der Waals surface area contributed by atoms with Crippen LogP contribution in [0.1, 0.15) is 25.1 Å². The molecule has 0 unspecified atom stereocenters. The summed E-state index contributed by atoms with van der Waals surface area (Å²) in [6.07, 6.45) is 5.28. The summed E-state index contributed by atoms with van der Waals surface area (Å²) in [5, 5.41) is 3.48. The van der Waals surface area contributed by atoms with Crippen LogP contribution >= 0.6 is 15.9 Å². The van der Waals surface area contributed by atoms with Crippen molar-refractivity contribution in [3.05, 3.63) is 58.6 Å². The minimum Gasteiger partial charge on any atom is -0.312 e. The third kappa shape index (κ3) is 4.11. The number of benzene rings is 1. The molecule has 0 bridgehead atoms. The molecule has 0 aliphatic carbocycles. The average molecular weight is 320 g/mol. The molecule has 1 N–H and O–H groups in total. The molecule has 1 aromatic carbocycles. The molecular weight excluding hydrogens is 302 g/mol. The molecule has 0 saturated heterocycles. The van der Waals surface area contributed by atoms with Crippen LogP contribution in [0.3, 0.4) is 0 Å². The van der Waals surface area contributed by atoms with Crippen molar-refractivity contribution in [3.63, 3.8) is 0 Å². The van der Waals surface area contributed by atoms with Crippen LogP contribution in [-0.2, 0) is 12.0 Å². The van der Waals surface area contributed by atoms with Gasteiger partial charge in [-0.2, -0.15) is 0 Å². The van der Waals surface area contributed by atoms with E-state index >= 15 is 0 Å². The maximum absolute atomic E-state index is 4.38. The molecule has 0 aliphatic heterocycles. The maximum Gasteiger partial charge on any atom is 0.0655 e. The molecule has 0 amide bonds.